The molecule has 1 aromatic heterocycles. The van der Waals surface area contributed by atoms with Gasteiger partial charge < -0.3 is 16.0 Å². The van der Waals surface area contributed by atoms with E-state index < -0.39 is 0 Å². The van der Waals surface area contributed by atoms with Crippen LogP contribution in [0.2, 0.25) is 0 Å². The van der Waals surface area contributed by atoms with Crippen molar-refractivity contribution in [2.24, 2.45) is 10.7 Å². The Kier molecular flexibility index (Phi) is 5.14. The Labute approximate surface area is 133 Å². The molecule has 0 spiro atoms. The quantitative estimate of drug-likeness (QED) is 0.662. The highest BCUT2D eigenvalue weighted by atomic mass is 15.2. The summed E-state index contributed by atoms with van der Waals surface area (Å²) in [7, 11) is 0. The third-order valence-corrected chi connectivity index (χ3v) is 4.63. The predicted octanol–water partition coefficient (Wildman–Crippen LogP) is 2.42. The average molecular weight is 301 g/mol. The molecule has 1 aliphatic carbocycles. The van der Waals surface area contributed by atoms with Crippen LogP contribution in [0.3, 0.4) is 0 Å². The first-order valence-corrected chi connectivity index (χ1v) is 8.57. The molecule has 0 atom stereocenters. The van der Waals surface area contributed by atoms with Crippen molar-refractivity contribution < 1.29 is 0 Å². The number of nitrogens with zero attached hydrogens (tertiary/aromatic N) is 3. The molecule has 0 radical (unpaired) electrons. The molecule has 5 heteroatoms. The van der Waals surface area contributed by atoms with Crippen LogP contribution in [0.15, 0.2) is 23.3 Å². The summed E-state index contributed by atoms with van der Waals surface area (Å²) in [5.74, 6) is 1.65. The molecule has 2 aliphatic rings. The molecule has 0 aromatic carbocycles. The topological polar surface area (TPSA) is 66.5 Å². The lowest BCUT2D eigenvalue weighted by Gasteiger charge is -2.23. The van der Waals surface area contributed by atoms with Gasteiger partial charge in [0.05, 0.1) is 6.54 Å². The number of anilines is 1. The smallest absolute Gasteiger partial charge is 0.189 e. The molecule has 1 aliphatic heterocycles. The van der Waals surface area contributed by atoms with Crippen LogP contribution in [-0.4, -0.2) is 30.1 Å². The van der Waals surface area contributed by atoms with E-state index in [-0.39, 0.29) is 0 Å². The van der Waals surface area contributed by atoms with Gasteiger partial charge in [-0.05, 0) is 43.4 Å². The minimum Gasteiger partial charge on any atom is -0.370 e. The number of guanidine groups is 1. The molecule has 0 amide bonds. The van der Waals surface area contributed by atoms with Crippen molar-refractivity contribution in [1.29, 1.82) is 0 Å². The minimum atomic E-state index is 0.509. The summed E-state index contributed by atoms with van der Waals surface area (Å²) in [5.41, 5.74) is 7.20. The fraction of sp³-hybridized carbons (Fsp3) is 0.647. The zero-order chi connectivity index (χ0) is 15.2. The van der Waals surface area contributed by atoms with Crippen molar-refractivity contribution >= 4 is 11.8 Å². The highest BCUT2D eigenvalue weighted by Crippen LogP contribution is 2.19. The third-order valence-electron chi connectivity index (χ3n) is 4.63. The highest BCUT2D eigenvalue weighted by Gasteiger charge is 2.14. The lowest BCUT2D eigenvalue weighted by molar-refractivity contribution is 0.412. The Morgan fingerprint density at radius 3 is 2.77 bits per heavy atom. The zero-order valence-corrected chi connectivity index (χ0v) is 13.3. The maximum absolute atomic E-state index is 6.03. The van der Waals surface area contributed by atoms with Gasteiger partial charge in [0, 0.05) is 25.3 Å². The summed E-state index contributed by atoms with van der Waals surface area (Å²) in [6.45, 7) is 2.85. The molecule has 1 saturated heterocycles. The van der Waals surface area contributed by atoms with Crippen LogP contribution in [0, 0.1) is 0 Å². The van der Waals surface area contributed by atoms with E-state index in [0.29, 0.717) is 18.5 Å². The van der Waals surface area contributed by atoms with E-state index in [2.05, 4.69) is 26.3 Å². The number of aliphatic imine (C=N–C) groups is 1. The van der Waals surface area contributed by atoms with E-state index in [1.54, 1.807) is 0 Å². The SMILES string of the molecule is NC(=NCc1ccnc(N2CCCC2)c1)NC1CCCCC1. The van der Waals surface area contributed by atoms with Crippen molar-refractivity contribution in [1.82, 2.24) is 10.3 Å². The van der Waals surface area contributed by atoms with Gasteiger partial charge in [-0.25, -0.2) is 9.98 Å². The number of nitrogens with two attached hydrogens (primary N) is 1. The van der Waals surface area contributed by atoms with Gasteiger partial charge in [0.2, 0.25) is 0 Å². The number of nitrogens with one attached hydrogen (secondary N) is 1. The minimum absolute atomic E-state index is 0.509. The lowest BCUT2D eigenvalue weighted by atomic mass is 9.96. The zero-order valence-electron chi connectivity index (χ0n) is 13.3. The molecule has 1 saturated carbocycles. The van der Waals surface area contributed by atoms with Gasteiger partial charge in [-0.2, -0.15) is 0 Å². The maximum atomic E-state index is 6.03. The summed E-state index contributed by atoms with van der Waals surface area (Å²) in [6.07, 6.45) is 10.8. The van der Waals surface area contributed by atoms with Gasteiger partial charge in [-0.15, -0.1) is 0 Å². The lowest BCUT2D eigenvalue weighted by Crippen LogP contribution is -2.41. The molecule has 2 heterocycles. The Hall–Kier alpha value is -1.78. The molecule has 3 N–H and O–H groups in total. The van der Waals surface area contributed by atoms with Crippen molar-refractivity contribution in [3.05, 3.63) is 23.9 Å². The fourth-order valence-electron chi connectivity index (χ4n) is 3.36. The molecule has 0 bridgehead atoms. The summed E-state index contributed by atoms with van der Waals surface area (Å²) < 4.78 is 0. The second-order valence-electron chi connectivity index (χ2n) is 6.40. The van der Waals surface area contributed by atoms with Gasteiger partial charge in [0.15, 0.2) is 5.96 Å². The maximum Gasteiger partial charge on any atom is 0.189 e. The normalized spacial score (nSPS) is 20.4. The number of rotatable bonds is 4. The first-order valence-electron chi connectivity index (χ1n) is 8.57. The fourth-order valence-corrected chi connectivity index (χ4v) is 3.36. The number of aromatic nitrogens is 1. The Balaban J connectivity index is 1.55. The molecule has 3 rings (SSSR count). The van der Waals surface area contributed by atoms with Gasteiger partial charge in [0.25, 0.3) is 0 Å². The molecule has 5 nitrogen and oxygen atoms in total. The van der Waals surface area contributed by atoms with E-state index in [1.807, 2.05) is 12.3 Å². The van der Waals surface area contributed by atoms with Crippen molar-refractivity contribution in [2.75, 3.05) is 18.0 Å². The first kappa shape index (κ1) is 15.1. The van der Waals surface area contributed by atoms with E-state index in [9.17, 15) is 0 Å². The van der Waals surface area contributed by atoms with Crippen LogP contribution in [-0.2, 0) is 6.54 Å². The molecule has 1 aromatic rings. The third kappa shape index (κ3) is 4.12. The summed E-state index contributed by atoms with van der Waals surface area (Å²) in [5, 5.41) is 3.36. The van der Waals surface area contributed by atoms with Crippen LogP contribution in [0.1, 0.15) is 50.5 Å². The summed E-state index contributed by atoms with van der Waals surface area (Å²) in [6, 6.07) is 4.68. The average Bonchev–Trinajstić information content (AvgIpc) is 3.09. The van der Waals surface area contributed by atoms with Crippen LogP contribution < -0.4 is 16.0 Å². The van der Waals surface area contributed by atoms with Gasteiger partial charge in [-0.1, -0.05) is 19.3 Å². The highest BCUT2D eigenvalue weighted by molar-refractivity contribution is 5.78. The van der Waals surface area contributed by atoms with Crippen LogP contribution in [0.25, 0.3) is 0 Å². The second-order valence-corrected chi connectivity index (χ2v) is 6.40. The largest absolute Gasteiger partial charge is 0.370 e. The first-order chi connectivity index (χ1) is 10.8. The van der Waals surface area contributed by atoms with Gasteiger partial charge in [-0.3, -0.25) is 0 Å². The Morgan fingerprint density at radius 2 is 2.00 bits per heavy atom. The van der Waals surface area contributed by atoms with E-state index >= 15 is 0 Å². The van der Waals surface area contributed by atoms with E-state index in [4.69, 9.17) is 5.73 Å². The molecule has 2 fully saturated rings. The second kappa shape index (κ2) is 7.47. The molecular formula is C17H27N5. The molecule has 22 heavy (non-hydrogen) atoms. The van der Waals surface area contributed by atoms with Crippen LogP contribution in [0.4, 0.5) is 5.82 Å². The van der Waals surface area contributed by atoms with Gasteiger partial charge >= 0.3 is 0 Å². The van der Waals surface area contributed by atoms with Crippen molar-refractivity contribution in [2.45, 2.75) is 57.5 Å². The molecular weight excluding hydrogens is 274 g/mol. The number of hydrogen-bond donors (Lipinski definition) is 2. The summed E-state index contributed by atoms with van der Waals surface area (Å²) in [4.78, 5) is 11.3. The standard InChI is InChI=1S/C17H27N5/c18-17(21-15-6-2-1-3-7-15)20-13-14-8-9-19-16(12-14)22-10-4-5-11-22/h8-9,12,15H,1-7,10-11,13H2,(H3,18,20,21). The summed E-state index contributed by atoms with van der Waals surface area (Å²) >= 11 is 0. The molecule has 120 valence electrons. The number of pyridine rings is 1. The Bertz CT molecular complexity index is 502. The van der Waals surface area contributed by atoms with E-state index in [0.717, 1.165) is 18.9 Å². The monoisotopic (exact) mass is 301 g/mol. The van der Waals surface area contributed by atoms with Crippen molar-refractivity contribution in [3.63, 3.8) is 0 Å². The van der Waals surface area contributed by atoms with Crippen LogP contribution in [0.5, 0.6) is 0 Å². The van der Waals surface area contributed by atoms with Gasteiger partial charge in [0.1, 0.15) is 5.82 Å². The van der Waals surface area contributed by atoms with Crippen molar-refractivity contribution in [3.8, 4) is 0 Å². The number of hydrogen-bond acceptors (Lipinski definition) is 3. The molecule has 0 unspecified atom stereocenters. The van der Waals surface area contributed by atoms with E-state index in [1.165, 1.54) is 50.5 Å². The Morgan fingerprint density at radius 1 is 1.23 bits per heavy atom. The predicted molar refractivity (Wildman–Crippen MR) is 91.0 cm³/mol. The van der Waals surface area contributed by atoms with Crippen LogP contribution >= 0.6 is 0 Å².